The van der Waals surface area contributed by atoms with Crippen molar-refractivity contribution in [2.45, 2.75) is 23.5 Å². The maximum atomic E-state index is 13.2. The summed E-state index contributed by atoms with van der Waals surface area (Å²) in [5.74, 6) is -0.172. The van der Waals surface area contributed by atoms with Gasteiger partial charge in [0.15, 0.2) is 9.84 Å². The van der Waals surface area contributed by atoms with E-state index in [-0.39, 0.29) is 17.2 Å². The summed E-state index contributed by atoms with van der Waals surface area (Å²) in [7, 11) is -3.73. The Morgan fingerprint density at radius 2 is 1.67 bits per heavy atom. The van der Waals surface area contributed by atoms with Crippen LogP contribution in [0, 0.1) is 5.92 Å². The number of allylic oxidation sites excluding steroid dienone is 3. The molecule has 5 nitrogen and oxygen atoms in total. The van der Waals surface area contributed by atoms with Gasteiger partial charge in [-0.3, -0.25) is 4.79 Å². The lowest BCUT2D eigenvalue weighted by atomic mass is 9.93. The molecule has 2 aromatic rings. The van der Waals surface area contributed by atoms with E-state index in [1.54, 1.807) is 37.3 Å². The van der Waals surface area contributed by atoms with Crippen molar-refractivity contribution < 1.29 is 23.1 Å². The number of rotatable bonds is 6. The molecule has 0 fully saturated rings. The summed E-state index contributed by atoms with van der Waals surface area (Å²) in [5.41, 5.74) is 0.391. The van der Waals surface area contributed by atoms with Gasteiger partial charge in [0.2, 0.25) is 0 Å². The van der Waals surface area contributed by atoms with Crippen LogP contribution in [0.1, 0.15) is 13.3 Å². The van der Waals surface area contributed by atoms with Crippen LogP contribution in [0.2, 0.25) is 0 Å². The lowest BCUT2D eigenvalue weighted by Gasteiger charge is -2.26. The number of carboxylic acid groups (broad SMARTS) is 1. The van der Waals surface area contributed by atoms with E-state index in [1.165, 1.54) is 12.1 Å². The van der Waals surface area contributed by atoms with E-state index in [0.717, 1.165) is 0 Å². The van der Waals surface area contributed by atoms with Crippen LogP contribution in [-0.2, 0) is 14.6 Å². The van der Waals surface area contributed by atoms with Crippen molar-refractivity contribution in [2.75, 3.05) is 0 Å². The zero-order chi connectivity index (χ0) is 19.4. The molecule has 1 aliphatic carbocycles. The molecule has 1 N–H and O–H groups in total. The van der Waals surface area contributed by atoms with Crippen LogP contribution in [0.4, 0.5) is 0 Å². The Morgan fingerprint density at radius 3 is 2.30 bits per heavy atom. The number of ether oxygens (including phenoxy) is 1. The SMILES string of the molecule is CC1C=CC=C(CC(=O)O)C1S(=O)(=O)c1ccc(Oc2ccccc2)cc1. The highest BCUT2D eigenvalue weighted by Crippen LogP contribution is 2.33. The first-order valence-corrected chi connectivity index (χ1v) is 10.1. The molecule has 0 aliphatic heterocycles. The van der Waals surface area contributed by atoms with Gasteiger partial charge in [-0.05, 0) is 47.9 Å². The molecule has 0 spiro atoms. The molecule has 0 saturated heterocycles. The summed E-state index contributed by atoms with van der Waals surface area (Å²) in [5, 5.41) is 8.22. The molecule has 2 aromatic carbocycles. The summed E-state index contributed by atoms with van der Waals surface area (Å²) in [4.78, 5) is 11.3. The lowest BCUT2D eigenvalue weighted by molar-refractivity contribution is -0.136. The van der Waals surface area contributed by atoms with Crippen molar-refractivity contribution in [1.82, 2.24) is 0 Å². The molecule has 2 unspecified atom stereocenters. The zero-order valence-electron chi connectivity index (χ0n) is 14.8. The average Bonchev–Trinajstić information content (AvgIpc) is 2.62. The van der Waals surface area contributed by atoms with Gasteiger partial charge >= 0.3 is 5.97 Å². The maximum absolute atomic E-state index is 13.2. The van der Waals surface area contributed by atoms with Gasteiger partial charge in [0.05, 0.1) is 16.6 Å². The Bertz CT molecular complexity index is 973. The van der Waals surface area contributed by atoms with Crippen LogP contribution < -0.4 is 4.74 Å². The Balaban J connectivity index is 1.86. The molecule has 0 saturated carbocycles. The molecule has 0 heterocycles. The molecule has 2 atom stereocenters. The fourth-order valence-electron chi connectivity index (χ4n) is 3.17. The van der Waals surface area contributed by atoms with E-state index < -0.39 is 21.1 Å². The molecule has 27 heavy (non-hydrogen) atoms. The molecule has 1 aliphatic rings. The molecule has 0 radical (unpaired) electrons. The molecular weight excluding hydrogens is 364 g/mol. The highest BCUT2D eigenvalue weighted by Gasteiger charge is 2.36. The molecule has 0 aromatic heterocycles. The van der Waals surface area contributed by atoms with Crippen molar-refractivity contribution in [3.63, 3.8) is 0 Å². The number of carboxylic acids is 1. The third-order valence-electron chi connectivity index (χ3n) is 4.39. The number of hydrogen-bond acceptors (Lipinski definition) is 4. The number of sulfone groups is 1. The monoisotopic (exact) mass is 384 g/mol. The topological polar surface area (TPSA) is 80.7 Å². The van der Waals surface area contributed by atoms with Gasteiger partial charge in [-0.15, -0.1) is 0 Å². The van der Waals surface area contributed by atoms with Gasteiger partial charge in [-0.1, -0.05) is 43.4 Å². The minimum atomic E-state index is -3.73. The van der Waals surface area contributed by atoms with E-state index in [1.807, 2.05) is 30.3 Å². The van der Waals surface area contributed by atoms with Gasteiger partial charge < -0.3 is 9.84 Å². The van der Waals surface area contributed by atoms with Gasteiger partial charge in [0.1, 0.15) is 11.5 Å². The average molecular weight is 384 g/mol. The van der Waals surface area contributed by atoms with Crippen LogP contribution in [-0.4, -0.2) is 24.7 Å². The second-order valence-electron chi connectivity index (χ2n) is 6.41. The highest BCUT2D eigenvalue weighted by molar-refractivity contribution is 7.92. The minimum absolute atomic E-state index is 0.145. The Hall–Kier alpha value is -2.86. The fraction of sp³-hybridized carbons (Fsp3) is 0.190. The normalized spacial score (nSPS) is 19.4. The van der Waals surface area contributed by atoms with Gasteiger partial charge in [0, 0.05) is 0 Å². The van der Waals surface area contributed by atoms with Gasteiger partial charge in [-0.25, -0.2) is 8.42 Å². The quantitative estimate of drug-likeness (QED) is 0.806. The Kier molecular flexibility index (Phi) is 5.46. The van der Waals surface area contributed by atoms with Crippen molar-refractivity contribution in [3.05, 3.63) is 78.4 Å². The summed E-state index contributed by atoms with van der Waals surface area (Å²) in [6.45, 7) is 1.78. The highest BCUT2D eigenvalue weighted by atomic mass is 32.2. The van der Waals surface area contributed by atoms with Crippen molar-refractivity contribution in [3.8, 4) is 11.5 Å². The van der Waals surface area contributed by atoms with Crippen LogP contribution in [0.5, 0.6) is 11.5 Å². The van der Waals surface area contributed by atoms with Gasteiger partial charge in [0.25, 0.3) is 0 Å². The van der Waals surface area contributed by atoms with Crippen molar-refractivity contribution in [2.24, 2.45) is 5.92 Å². The van der Waals surface area contributed by atoms with Crippen molar-refractivity contribution in [1.29, 1.82) is 0 Å². The number of para-hydroxylation sites is 1. The molecule has 3 rings (SSSR count). The number of benzene rings is 2. The Labute approximate surface area is 158 Å². The Morgan fingerprint density at radius 1 is 1.04 bits per heavy atom. The van der Waals surface area contributed by atoms with Crippen LogP contribution in [0.25, 0.3) is 0 Å². The molecule has 0 bridgehead atoms. The molecular formula is C21H20O5S. The summed E-state index contributed by atoms with van der Waals surface area (Å²) in [6, 6.07) is 15.4. The molecule has 0 amide bonds. The lowest BCUT2D eigenvalue weighted by Crippen LogP contribution is -2.32. The maximum Gasteiger partial charge on any atom is 0.307 e. The van der Waals surface area contributed by atoms with Gasteiger partial charge in [-0.2, -0.15) is 0 Å². The van der Waals surface area contributed by atoms with Crippen LogP contribution in [0.3, 0.4) is 0 Å². The number of hydrogen-bond donors (Lipinski definition) is 1. The number of aliphatic carboxylic acids is 1. The first kappa shape index (κ1) is 18.9. The first-order valence-electron chi connectivity index (χ1n) is 8.54. The zero-order valence-corrected chi connectivity index (χ0v) is 15.6. The third-order valence-corrected chi connectivity index (χ3v) is 6.72. The second-order valence-corrected chi connectivity index (χ2v) is 8.48. The summed E-state index contributed by atoms with van der Waals surface area (Å²) >= 11 is 0. The van der Waals surface area contributed by atoms with E-state index in [2.05, 4.69) is 0 Å². The van der Waals surface area contributed by atoms with Crippen molar-refractivity contribution >= 4 is 15.8 Å². The van der Waals surface area contributed by atoms with E-state index in [4.69, 9.17) is 9.84 Å². The smallest absolute Gasteiger partial charge is 0.307 e. The standard InChI is InChI=1S/C21H20O5S/c1-15-6-5-7-16(14-20(22)23)21(15)27(24,25)19-12-10-18(11-13-19)26-17-8-3-2-4-9-17/h2-13,15,21H,14H2,1H3,(H,22,23). The largest absolute Gasteiger partial charge is 0.481 e. The van der Waals surface area contributed by atoms with E-state index >= 15 is 0 Å². The predicted octanol–water partition coefficient (Wildman–Crippen LogP) is 4.23. The van der Waals surface area contributed by atoms with E-state index in [0.29, 0.717) is 17.1 Å². The predicted molar refractivity (Wildman–Crippen MR) is 103 cm³/mol. The first-order chi connectivity index (χ1) is 12.9. The second kappa shape index (κ2) is 7.80. The summed E-state index contributed by atoms with van der Waals surface area (Å²) in [6.07, 6.45) is 4.78. The molecule has 6 heteroatoms. The number of carbonyl (C=O) groups is 1. The summed E-state index contributed by atoms with van der Waals surface area (Å²) < 4.78 is 32.0. The van der Waals surface area contributed by atoms with Crippen LogP contribution >= 0.6 is 0 Å². The third kappa shape index (κ3) is 4.28. The van der Waals surface area contributed by atoms with E-state index in [9.17, 15) is 13.2 Å². The minimum Gasteiger partial charge on any atom is -0.481 e. The molecule has 140 valence electrons. The fourth-order valence-corrected chi connectivity index (χ4v) is 5.20. The van der Waals surface area contributed by atoms with Crippen LogP contribution in [0.15, 0.2) is 83.3 Å².